The van der Waals surface area contributed by atoms with Gasteiger partial charge in [-0.3, -0.25) is 0 Å². The van der Waals surface area contributed by atoms with Crippen LogP contribution in [-0.2, 0) is 22.7 Å². The second kappa shape index (κ2) is 10.5. The van der Waals surface area contributed by atoms with Crippen molar-refractivity contribution in [2.24, 2.45) is 0 Å². The van der Waals surface area contributed by atoms with E-state index in [1.807, 2.05) is 30.3 Å². The van der Waals surface area contributed by atoms with Crippen LogP contribution in [0, 0.1) is 0 Å². The highest BCUT2D eigenvalue weighted by molar-refractivity contribution is 5.89. The molecule has 0 aliphatic heterocycles. The molecule has 0 saturated carbocycles. The van der Waals surface area contributed by atoms with Crippen molar-refractivity contribution in [3.05, 3.63) is 65.2 Å². The molecule has 0 spiro atoms. The van der Waals surface area contributed by atoms with Gasteiger partial charge in [-0.2, -0.15) is 0 Å². The van der Waals surface area contributed by atoms with Crippen molar-refractivity contribution >= 4 is 5.97 Å². The Morgan fingerprint density at radius 1 is 1.00 bits per heavy atom. The van der Waals surface area contributed by atoms with E-state index in [4.69, 9.17) is 14.2 Å². The van der Waals surface area contributed by atoms with Crippen LogP contribution in [0.25, 0.3) is 0 Å². The molecule has 2 aromatic carbocycles. The minimum atomic E-state index is -0.965. The Labute approximate surface area is 148 Å². The van der Waals surface area contributed by atoms with Crippen molar-refractivity contribution < 1.29 is 24.1 Å². The molecular weight excluding hydrogens is 320 g/mol. The Balaban J connectivity index is 1.94. The first-order chi connectivity index (χ1) is 12.2. The lowest BCUT2D eigenvalue weighted by Crippen LogP contribution is -2.06. The lowest BCUT2D eigenvalue weighted by atomic mass is 10.1. The topological polar surface area (TPSA) is 65.0 Å². The van der Waals surface area contributed by atoms with E-state index in [9.17, 15) is 9.90 Å². The zero-order valence-electron chi connectivity index (χ0n) is 14.4. The number of carboxylic acid groups (broad SMARTS) is 1. The summed E-state index contributed by atoms with van der Waals surface area (Å²) < 4.78 is 16.3. The summed E-state index contributed by atoms with van der Waals surface area (Å²) in [5.41, 5.74) is 1.91. The number of hydrogen-bond acceptors (Lipinski definition) is 4. The van der Waals surface area contributed by atoms with Crippen LogP contribution in [0.2, 0.25) is 0 Å². The summed E-state index contributed by atoms with van der Waals surface area (Å²) in [6.45, 7) is 1.95. The van der Waals surface area contributed by atoms with Crippen LogP contribution in [0.15, 0.2) is 48.5 Å². The molecule has 2 aromatic rings. The Hall–Kier alpha value is -2.37. The summed E-state index contributed by atoms with van der Waals surface area (Å²) >= 11 is 0. The van der Waals surface area contributed by atoms with Crippen LogP contribution in [0.4, 0.5) is 0 Å². The normalized spacial score (nSPS) is 10.6. The number of aromatic carboxylic acids is 1. The number of carboxylic acids is 1. The summed E-state index contributed by atoms with van der Waals surface area (Å²) in [4.78, 5) is 11.4. The molecule has 0 saturated heterocycles. The van der Waals surface area contributed by atoms with Gasteiger partial charge in [0.05, 0.1) is 12.2 Å². The van der Waals surface area contributed by atoms with Gasteiger partial charge in [-0.05, 0) is 42.2 Å². The van der Waals surface area contributed by atoms with Crippen molar-refractivity contribution in [1.82, 2.24) is 0 Å². The Morgan fingerprint density at radius 3 is 2.48 bits per heavy atom. The average molecular weight is 344 g/mol. The number of rotatable bonds is 11. The Kier molecular flexibility index (Phi) is 7.95. The van der Waals surface area contributed by atoms with E-state index < -0.39 is 5.97 Å². The number of hydrogen-bond donors (Lipinski definition) is 1. The quantitative estimate of drug-likeness (QED) is 0.626. The maximum atomic E-state index is 11.4. The van der Waals surface area contributed by atoms with E-state index in [-0.39, 0.29) is 12.2 Å². The summed E-state index contributed by atoms with van der Waals surface area (Å²) in [7, 11) is 1.67. The van der Waals surface area contributed by atoms with Gasteiger partial charge in [0.15, 0.2) is 0 Å². The molecule has 5 heteroatoms. The number of unbranched alkanes of at least 4 members (excludes halogenated alkanes) is 1. The van der Waals surface area contributed by atoms with Gasteiger partial charge in [0, 0.05) is 20.3 Å². The van der Waals surface area contributed by atoms with Gasteiger partial charge in [0.1, 0.15) is 12.4 Å². The molecule has 0 aliphatic rings. The average Bonchev–Trinajstić information content (AvgIpc) is 2.63. The predicted octanol–water partition coefficient (Wildman–Crippen LogP) is 3.91. The monoisotopic (exact) mass is 344 g/mol. The Bertz CT molecular complexity index is 654. The molecule has 5 nitrogen and oxygen atoms in total. The van der Waals surface area contributed by atoms with E-state index >= 15 is 0 Å². The zero-order chi connectivity index (χ0) is 17.9. The van der Waals surface area contributed by atoms with Crippen molar-refractivity contribution in [3.63, 3.8) is 0 Å². The number of benzene rings is 2. The molecule has 0 radical (unpaired) electrons. The second-order valence-electron chi connectivity index (χ2n) is 5.65. The molecule has 0 aromatic heterocycles. The minimum absolute atomic E-state index is 0.240. The fourth-order valence-corrected chi connectivity index (χ4v) is 2.36. The Morgan fingerprint density at radius 2 is 1.76 bits per heavy atom. The SMILES string of the molecule is COCCCCOCc1cc(OCc2ccccc2)ccc1C(=O)O. The van der Waals surface area contributed by atoms with Gasteiger partial charge in [-0.15, -0.1) is 0 Å². The third-order valence-corrected chi connectivity index (χ3v) is 3.70. The fraction of sp³-hybridized carbons (Fsp3) is 0.350. The molecule has 0 amide bonds. The molecule has 134 valence electrons. The van der Waals surface area contributed by atoms with E-state index in [0.717, 1.165) is 18.4 Å². The molecular formula is C20H24O5. The van der Waals surface area contributed by atoms with Crippen LogP contribution in [-0.4, -0.2) is 31.4 Å². The molecule has 25 heavy (non-hydrogen) atoms. The standard InChI is InChI=1S/C20H24O5/c1-23-11-5-6-12-24-15-17-13-18(9-10-19(17)20(21)22)25-14-16-7-3-2-4-8-16/h2-4,7-10,13H,5-6,11-12,14-15H2,1H3,(H,21,22). The lowest BCUT2D eigenvalue weighted by molar-refractivity contribution is 0.0685. The molecule has 0 fully saturated rings. The first kappa shape index (κ1) is 19.0. The maximum absolute atomic E-state index is 11.4. The first-order valence-electron chi connectivity index (χ1n) is 8.30. The van der Waals surface area contributed by atoms with Gasteiger partial charge in [-0.1, -0.05) is 30.3 Å². The molecule has 0 bridgehead atoms. The maximum Gasteiger partial charge on any atom is 0.336 e. The summed E-state index contributed by atoms with van der Waals surface area (Å²) in [6.07, 6.45) is 1.79. The van der Waals surface area contributed by atoms with Gasteiger partial charge in [0.2, 0.25) is 0 Å². The van der Waals surface area contributed by atoms with Gasteiger partial charge >= 0.3 is 5.97 Å². The van der Waals surface area contributed by atoms with Crippen molar-refractivity contribution in [1.29, 1.82) is 0 Å². The number of carbonyl (C=O) groups is 1. The van der Waals surface area contributed by atoms with Crippen LogP contribution in [0.5, 0.6) is 5.75 Å². The molecule has 0 unspecified atom stereocenters. The molecule has 2 rings (SSSR count). The molecule has 0 aliphatic carbocycles. The summed E-state index contributed by atoms with van der Waals surface area (Å²) in [5, 5.41) is 9.32. The lowest BCUT2D eigenvalue weighted by Gasteiger charge is -2.11. The van der Waals surface area contributed by atoms with E-state index in [0.29, 0.717) is 31.1 Å². The molecule has 1 N–H and O–H groups in total. The van der Waals surface area contributed by atoms with Crippen molar-refractivity contribution in [3.8, 4) is 5.75 Å². The van der Waals surface area contributed by atoms with E-state index in [1.54, 1.807) is 25.3 Å². The van der Waals surface area contributed by atoms with E-state index in [2.05, 4.69) is 0 Å². The molecule has 0 heterocycles. The van der Waals surface area contributed by atoms with Gasteiger partial charge < -0.3 is 19.3 Å². The van der Waals surface area contributed by atoms with Crippen molar-refractivity contribution in [2.45, 2.75) is 26.1 Å². The van der Waals surface area contributed by atoms with Crippen LogP contribution < -0.4 is 4.74 Å². The first-order valence-corrected chi connectivity index (χ1v) is 8.30. The van der Waals surface area contributed by atoms with Crippen LogP contribution in [0.3, 0.4) is 0 Å². The number of ether oxygens (including phenoxy) is 3. The predicted molar refractivity (Wildman–Crippen MR) is 94.9 cm³/mol. The highest BCUT2D eigenvalue weighted by Crippen LogP contribution is 2.20. The zero-order valence-corrected chi connectivity index (χ0v) is 14.4. The van der Waals surface area contributed by atoms with Crippen LogP contribution in [0.1, 0.15) is 34.3 Å². The third kappa shape index (κ3) is 6.57. The number of methoxy groups -OCH3 is 1. The van der Waals surface area contributed by atoms with E-state index in [1.165, 1.54) is 0 Å². The largest absolute Gasteiger partial charge is 0.489 e. The minimum Gasteiger partial charge on any atom is -0.489 e. The fourth-order valence-electron chi connectivity index (χ4n) is 2.36. The highest BCUT2D eigenvalue weighted by Gasteiger charge is 2.11. The van der Waals surface area contributed by atoms with Gasteiger partial charge in [-0.25, -0.2) is 4.79 Å². The van der Waals surface area contributed by atoms with Crippen molar-refractivity contribution in [2.75, 3.05) is 20.3 Å². The smallest absolute Gasteiger partial charge is 0.336 e. The third-order valence-electron chi connectivity index (χ3n) is 3.70. The molecule has 0 atom stereocenters. The van der Waals surface area contributed by atoms with Gasteiger partial charge in [0.25, 0.3) is 0 Å². The highest BCUT2D eigenvalue weighted by atomic mass is 16.5. The summed E-state index contributed by atoms with van der Waals surface area (Å²) in [6, 6.07) is 14.8. The van der Waals surface area contributed by atoms with Crippen LogP contribution >= 0.6 is 0 Å². The second-order valence-corrected chi connectivity index (χ2v) is 5.65. The summed E-state index contributed by atoms with van der Waals surface area (Å²) in [5.74, 6) is -0.334.